The average Bonchev–Trinajstić information content (AvgIpc) is 2.46. The standard InChI is InChI=1S/C16H18N2O3S/c1-4-21-13-7-5-12(6-8-13)15(20)11(3)22-16-17-10(2)9-14(19)18-16/h5-9,11H,4H2,1-3H3,(H,17,18,19)/t11-/m1/s1. The van der Waals surface area contributed by atoms with Gasteiger partial charge < -0.3 is 9.72 Å². The first kappa shape index (κ1) is 16.3. The van der Waals surface area contributed by atoms with Gasteiger partial charge in [-0.05, 0) is 45.0 Å². The summed E-state index contributed by atoms with van der Waals surface area (Å²) in [6, 6.07) is 8.47. The number of ether oxygens (including phenoxy) is 1. The van der Waals surface area contributed by atoms with E-state index in [1.165, 1.54) is 17.8 Å². The first-order chi connectivity index (χ1) is 10.5. The van der Waals surface area contributed by atoms with Crippen LogP contribution in [-0.4, -0.2) is 27.6 Å². The highest BCUT2D eigenvalue weighted by molar-refractivity contribution is 8.00. The number of carbonyl (C=O) groups is 1. The molecule has 0 fully saturated rings. The summed E-state index contributed by atoms with van der Waals surface area (Å²) in [6.07, 6.45) is 0. The maximum Gasteiger partial charge on any atom is 0.251 e. The van der Waals surface area contributed by atoms with E-state index in [4.69, 9.17) is 4.74 Å². The largest absolute Gasteiger partial charge is 0.494 e. The van der Waals surface area contributed by atoms with Gasteiger partial charge in [0.15, 0.2) is 10.9 Å². The second-order valence-corrected chi connectivity index (χ2v) is 6.10. The molecule has 22 heavy (non-hydrogen) atoms. The summed E-state index contributed by atoms with van der Waals surface area (Å²) >= 11 is 1.24. The molecule has 0 saturated heterocycles. The summed E-state index contributed by atoms with van der Waals surface area (Å²) in [6.45, 7) is 6.05. The Hall–Kier alpha value is -2.08. The van der Waals surface area contributed by atoms with Crippen LogP contribution in [0, 0.1) is 6.92 Å². The summed E-state index contributed by atoms with van der Waals surface area (Å²) in [5.74, 6) is 0.723. The highest BCUT2D eigenvalue weighted by Gasteiger charge is 2.18. The molecule has 1 aromatic carbocycles. The van der Waals surface area contributed by atoms with Crippen molar-refractivity contribution in [3.8, 4) is 5.75 Å². The normalized spacial score (nSPS) is 12.0. The molecule has 0 aliphatic carbocycles. The first-order valence-electron chi connectivity index (χ1n) is 7.01. The molecule has 0 bridgehead atoms. The molecule has 1 heterocycles. The van der Waals surface area contributed by atoms with Crippen LogP contribution in [-0.2, 0) is 0 Å². The zero-order chi connectivity index (χ0) is 16.1. The molecule has 2 aromatic rings. The number of Topliss-reactive ketones (excluding diaryl/α,β-unsaturated/α-hetero) is 1. The number of H-pyrrole nitrogens is 1. The highest BCUT2D eigenvalue weighted by Crippen LogP contribution is 2.23. The topological polar surface area (TPSA) is 72.0 Å². The van der Waals surface area contributed by atoms with Crippen LogP contribution in [0.2, 0.25) is 0 Å². The van der Waals surface area contributed by atoms with Gasteiger partial charge in [-0.2, -0.15) is 0 Å². The van der Waals surface area contributed by atoms with E-state index in [9.17, 15) is 9.59 Å². The second-order valence-electron chi connectivity index (χ2n) is 4.77. The average molecular weight is 318 g/mol. The Morgan fingerprint density at radius 3 is 2.64 bits per heavy atom. The number of carbonyl (C=O) groups excluding carboxylic acids is 1. The number of nitrogens with zero attached hydrogens (tertiary/aromatic N) is 1. The molecule has 0 radical (unpaired) electrons. The summed E-state index contributed by atoms with van der Waals surface area (Å²) in [4.78, 5) is 30.7. The van der Waals surface area contributed by atoms with E-state index < -0.39 is 0 Å². The van der Waals surface area contributed by atoms with Gasteiger partial charge in [0, 0.05) is 17.3 Å². The molecule has 5 nitrogen and oxygen atoms in total. The molecule has 116 valence electrons. The number of nitrogens with one attached hydrogen (secondary N) is 1. The number of thioether (sulfide) groups is 1. The monoisotopic (exact) mass is 318 g/mol. The van der Waals surface area contributed by atoms with Gasteiger partial charge in [0.05, 0.1) is 11.9 Å². The summed E-state index contributed by atoms with van der Waals surface area (Å²) in [7, 11) is 0. The van der Waals surface area contributed by atoms with Crippen molar-refractivity contribution >= 4 is 17.5 Å². The van der Waals surface area contributed by atoms with Crippen LogP contribution in [0.1, 0.15) is 29.9 Å². The van der Waals surface area contributed by atoms with Crippen molar-refractivity contribution in [1.29, 1.82) is 0 Å². The molecule has 1 aromatic heterocycles. The Kier molecular flexibility index (Phi) is 5.38. The Morgan fingerprint density at radius 1 is 1.36 bits per heavy atom. The predicted molar refractivity (Wildman–Crippen MR) is 86.9 cm³/mol. The molecule has 0 aliphatic rings. The number of benzene rings is 1. The van der Waals surface area contributed by atoms with Crippen LogP contribution < -0.4 is 10.3 Å². The Bertz CT molecular complexity index is 710. The van der Waals surface area contributed by atoms with Gasteiger partial charge in [-0.3, -0.25) is 9.59 Å². The van der Waals surface area contributed by atoms with Crippen LogP contribution in [0.5, 0.6) is 5.75 Å². The third-order valence-electron chi connectivity index (χ3n) is 2.96. The van der Waals surface area contributed by atoms with Crippen molar-refractivity contribution in [3.63, 3.8) is 0 Å². The van der Waals surface area contributed by atoms with E-state index in [-0.39, 0.29) is 16.6 Å². The number of rotatable bonds is 6. The van der Waals surface area contributed by atoms with Gasteiger partial charge >= 0.3 is 0 Å². The zero-order valence-corrected chi connectivity index (χ0v) is 13.6. The number of hydrogen-bond acceptors (Lipinski definition) is 5. The third-order valence-corrected chi connectivity index (χ3v) is 3.94. The number of aromatic nitrogens is 2. The number of ketones is 1. The van der Waals surface area contributed by atoms with Crippen LogP contribution in [0.15, 0.2) is 40.3 Å². The second kappa shape index (κ2) is 7.26. The van der Waals surface area contributed by atoms with E-state index in [1.807, 2.05) is 6.92 Å². The minimum atomic E-state index is -0.345. The summed E-state index contributed by atoms with van der Waals surface area (Å²) in [5.41, 5.74) is 1.03. The lowest BCUT2D eigenvalue weighted by Gasteiger charge is -2.10. The van der Waals surface area contributed by atoms with E-state index in [0.717, 1.165) is 5.75 Å². The van der Waals surface area contributed by atoms with Gasteiger partial charge in [0.1, 0.15) is 5.75 Å². The van der Waals surface area contributed by atoms with E-state index in [0.29, 0.717) is 23.0 Å². The number of aryl methyl sites for hydroxylation is 1. The van der Waals surface area contributed by atoms with Gasteiger partial charge in [-0.1, -0.05) is 11.8 Å². The molecule has 1 N–H and O–H groups in total. The third kappa shape index (κ3) is 4.21. The zero-order valence-electron chi connectivity index (χ0n) is 12.8. The van der Waals surface area contributed by atoms with E-state index in [2.05, 4.69) is 9.97 Å². The van der Waals surface area contributed by atoms with Crippen molar-refractivity contribution in [2.45, 2.75) is 31.2 Å². The van der Waals surface area contributed by atoms with E-state index in [1.54, 1.807) is 38.1 Å². The van der Waals surface area contributed by atoms with Crippen molar-refractivity contribution < 1.29 is 9.53 Å². The SMILES string of the molecule is CCOc1ccc(C(=O)[C@@H](C)Sc2nc(C)cc(=O)[nH]2)cc1. The van der Waals surface area contributed by atoms with Crippen LogP contribution >= 0.6 is 11.8 Å². The van der Waals surface area contributed by atoms with Crippen molar-refractivity contribution in [2.75, 3.05) is 6.61 Å². The van der Waals surface area contributed by atoms with Crippen LogP contribution in [0.3, 0.4) is 0 Å². The molecule has 1 atom stereocenters. The molecule has 0 amide bonds. The molecule has 0 unspecified atom stereocenters. The number of hydrogen-bond donors (Lipinski definition) is 1. The Balaban J connectivity index is 2.09. The Labute approximate surface area is 133 Å². The minimum Gasteiger partial charge on any atom is -0.494 e. The first-order valence-corrected chi connectivity index (χ1v) is 7.89. The van der Waals surface area contributed by atoms with Gasteiger partial charge in [-0.25, -0.2) is 4.98 Å². The lowest BCUT2D eigenvalue weighted by molar-refractivity contribution is 0.0994. The van der Waals surface area contributed by atoms with Crippen LogP contribution in [0.4, 0.5) is 0 Å². The molecule has 2 rings (SSSR count). The lowest BCUT2D eigenvalue weighted by Crippen LogP contribution is -2.16. The van der Waals surface area contributed by atoms with E-state index >= 15 is 0 Å². The lowest BCUT2D eigenvalue weighted by atomic mass is 10.1. The molecular formula is C16H18N2O3S. The smallest absolute Gasteiger partial charge is 0.251 e. The molecule has 0 spiro atoms. The maximum absolute atomic E-state index is 12.4. The predicted octanol–water partition coefficient (Wildman–Crippen LogP) is 2.84. The van der Waals surface area contributed by atoms with Gasteiger partial charge in [0.25, 0.3) is 5.56 Å². The van der Waals surface area contributed by atoms with Gasteiger partial charge in [0.2, 0.25) is 0 Å². The van der Waals surface area contributed by atoms with Crippen LogP contribution in [0.25, 0.3) is 0 Å². The fourth-order valence-electron chi connectivity index (χ4n) is 1.95. The van der Waals surface area contributed by atoms with Crippen molar-refractivity contribution in [3.05, 3.63) is 51.9 Å². The minimum absolute atomic E-state index is 0.0165. The quantitative estimate of drug-likeness (QED) is 0.504. The maximum atomic E-state index is 12.4. The van der Waals surface area contributed by atoms with Gasteiger partial charge in [-0.15, -0.1) is 0 Å². The molecular weight excluding hydrogens is 300 g/mol. The highest BCUT2D eigenvalue weighted by atomic mass is 32.2. The molecule has 0 aliphatic heterocycles. The van der Waals surface area contributed by atoms with Crippen molar-refractivity contribution in [2.24, 2.45) is 0 Å². The molecule has 0 saturated carbocycles. The summed E-state index contributed by atoms with van der Waals surface area (Å²) in [5, 5.41) is 0.111. The fraction of sp³-hybridized carbons (Fsp3) is 0.312. The van der Waals surface area contributed by atoms with Crippen molar-refractivity contribution in [1.82, 2.24) is 9.97 Å². The Morgan fingerprint density at radius 2 is 2.05 bits per heavy atom. The number of aromatic amines is 1. The fourth-order valence-corrected chi connectivity index (χ4v) is 2.88. The molecule has 6 heteroatoms. The summed E-state index contributed by atoms with van der Waals surface area (Å²) < 4.78 is 5.36.